The van der Waals surface area contributed by atoms with Gasteiger partial charge >= 0.3 is 0 Å². The predicted molar refractivity (Wildman–Crippen MR) is 106 cm³/mol. The molecule has 30 heavy (non-hydrogen) atoms. The maximum Gasteiger partial charge on any atom is 0.254 e. The summed E-state index contributed by atoms with van der Waals surface area (Å²) < 4.78 is 28.5. The summed E-state index contributed by atoms with van der Waals surface area (Å²) in [4.78, 5) is 26.7. The quantitative estimate of drug-likeness (QED) is 0.801. The number of rotatable bonds is 4. The van der Waals surface area contributed by atoms with E-state index in [1.165, 1.54) is 0 Å². The predicted octanol–water partition coefficient (Wildman–Crippen LogP) is 3.33. The maximum atomic E-state index is 13.4. The molecular formula is C21H21ClF2N4O2. The lowest BCUT2D eigenvalue weighted by Gasteiger charge is -2.29. The minimum absolute atomic E-state index is 0.0107. The summed E-state index contributed by atoms with van der Waals surface area (Å²) in [5, 5.41) is 5.07. The van der Waals surface area contributed by atoms with Gasteiger partial charge in [-0.05, 0) is 30.9 Å². The molecule has 6 nitrogen and oxygen atoms in total. The minimum Gasteiger partial charge on any atom is -0.365 e. The van der Waals surface area contributed by atoms with Gasteiger partial charge < -0.3 is 10.6 Å². The van der Waals surface area contributed by atoms with Gasteiger partial charge in [0.1, 0.15) is 5.69 Å². The molecule has 2 saturated carbocycles. The van der Waals surface area contributed by atoms with Crippen molar-refractivity contribution in [3.8, 4) is 11.3 Å². The Morgan fingerprint density at radius 1 is 1.23 bits per heavy atom. The number of hydrogen-bond donors (Lipinski definition) is 1. The summed E-state index contributed by atoms with van der Waals surface area (Å²) in [6, 6.07) is 7.02. The standard InChI is InChI=1S/C21H21ClF2N4O2/c22-13-3-1-2-12(9-13)19-18(20(25)30)16-10-27(4-5-28(16)26-19)17(29)8-11-6-14-15(7-11)21(14,23)24/h1-3,9,11,14-15H,4-8,10H2,(H2,25,30)/t11?,14-,15?/m0/s1. The van der Waals surface area contributed by atoms with Gasteiger partial charge in [0.2, 0.25) is 5.91 Å². The van der Waals surface area contributed by atoms with Crippen molar-refractivity contribution in [1.82, 2.24) is 14.7 Å². The summed E-state index contributed by atoms with van der Waals surface area (Å²) in [5.41, 5.74) is 7.68. The van der Waals surface area contributed by atoms with Crippen LogP contribution in [0.5, 0.6) is 0 Å². The van der Waals surface area contributed by atoms with Gasteiger partial charge in [0.25, 0.3) is 11.8 Å². The van der Waals surface area contributed by atoms with Crippen molar-refractivity contribution in [3.05, 3.63) is 40.5 Å². The van der Waals surface area contributed by atoms with Gasteiger partial charge in [0.05, 0.1) is 24.3 Å². The van der Waals surface area contributed by atoms with Crippen LogP contribution in [0.3, 0.4) is 0 Å². The van der Waals surface area contributed by atoms with Gasteiger partial charge in [-0.1, -0.05) is 23.7 Å². The number of aromatic nitrogens is 2. The molecule has 2 fully saturated rings. The van der Waals surface area contributed by atoms with Crippen LogP contribution in [0.1, 0.15) is 35.3 Å². The van der Waals surface area contributed by atoms with Crippen molar-refractivity contribution in [2.45, 2.75) is 38.3 Å². The lowest BCUT2D eigenvalue weighted by Crippen LogP contribution is -2.40. The number of halogens is 3. The third kappa shape index (κ3) is 3.09. The van der Waals surface area contributed by atoms with Crippen molar-refractivity contribution < 1.29 is 18.4 Å². The lowest BCUT2D eigenvalue weighted by molar-refractivity contribution is -0.134. The highest BCUT2D eigenvalue weighted by molar-refractivity contribution is 6.30. The molecule has 2 amide bonds. The molecule has 2 heterocycles. The largest absolute Gasteiger partial charge is 0.365 e. The first-order valence-corrected chi connectivity index (χ1v) is 10.4. The fourth-order valence-corrected chi connectivity index (χ4v) is 5.28. The number of primary amides is 1. The lowest BCUT2D eigenvalue weighted by atomic mass is 9.97. The number of carbonyl (C=O) groups is 2. The molecule has 158 valence electrons. The van der Waals surface area contributed by atoms with E-state index < -0.39 is 23.7 Å². The van der Waals surface area contributed by atoms with Gasteiger partial charge in [0.15, 0.2) is 0 Å². The maximum absolute atomic E-state index is 13.4. The van der Waals surface area contributed by atoms with Crippen molar-refractivity contribution in [2.24, 2.45) is 23.5 Å². The summed E-state index contributed by atoms with van der Waals surface area (Å²) in [6.07, 6.45) is 1.10. The monoisotopic (exact) mass is 434 g/mol. The smallest absolute Gasteiger partial charge is 0.254 e. The van der Waals surface area contributed by atoms with Crippen LogP contribution in [0.4, 0.5) is 8.78 Å². The molecule has 1 aromatic heterocycles. The number of hydrogen-bond acceptors (Lipinski definition) is 3. The average Bonchev–Trinajstić information content (AvgIpc) is 3.09. The Balaban J connectivity index is 1.35. The van der Waals surface area contributed by atoms with E-state index in [0.717, 1.165) is 0 Å². The van der Waals surface area contributed by atoms with Crippen LogP contribution in [0, 0.1) is 17.8 Å². The first kappa shape index (κ1) is 19.5. The van der Waals surface area contributed by atoms with Gasteiger partial charge in [-0.15, -0.1) is 0 Å². The number of nitrogens with zero attached hydrogens (tertiary/aromatic N) is 3. The van der Waals surface area contributed by atoms with Crippen molar-refractivity contribution in [3.63, 3.8) is 0 Å². The van der Waals surface area contributed by atoms with Crippen molar-refractivity contribution >= 4 is 23.4 Å². The van der Waals surface area contributed by atoms with Gasteiger partial charge in [0, 0.05) is 35.4 Å². The highest BCUT2D eigenvalue weighted by Crippen LogP contribution is 2.66. The highest BCUT2D eigenvalue weighted by Gasteiger charge is 2.71. The van der Waals surface area contributed by atoms with Gasteiger partial charge in [-0.25, -0.2) is 8.78 Å². The summed E-state index contributed by atoms with van der Waals surface area (Å²) in [5.74, 6) is -4.28. The Hall–Kier alpha value is -2.48. The Labute approximate surface area is 177 Å². The van der Waals surface area contributed by atoms with E-state index in [1.807, 2.05) is 0 Å². The van der Waals surface area contributed by atoms with Gasteiger partial charge in [-0.3, -0.25) is 14.3 Å². The molecule has 0 saturated heterocycles. The first-order valence-electron chi connectivity index (χ1n) is 10.1. The SMILES string of the molecule is NC(=O)c1c(-c2cccc(Cl)c2)nn2c1CN(C(=O)CC1CC3[C@H](C1)C3(F)F)CC2. The first-order chi connectivity index (χ1) is 14.3. The Kier molecular flexibility index (Phi) is 4.39. The van der Waals surface area contributed by atoms with Crippen LogP contribution in [0.15, 0.2) is 24.3 Å². The van der Waals surface area contributed by atoms with Gasteiger partial charge in [-0.2, -0.15) is 5.10 Å². The molecule has 2 aliphatic carbocycles. The zero-order chi connectivity index (χ0) is 21.2. The van der Waals surface area contributed by atoms with Crippen LogP contribution in [-0.2, 0) is 17.9 Å². The second-order valence-corrected chi connectivity index (χ2v) is 8.95. The fourth-order valence-electron chi connectivity index (χ4n) is 5.09. The zero-order valence-corrected chi connectivity index (χ0v) is 16.9. The molecule has 1 aliphatic heterocycles. The number of benzene rings is 1. The van der Waals surface area contributed by atoms with Crippen LogP contribution in [-0.4, -0.2) is 39.0 Å². The Bertz CT molecular complexity index is 1040. The van der Waals surface area contributed by atoms with E-state index in [4.69, 9.17) is 17.3 Å². The second-order valence-electron chi connectivity index (χ2n) is 8.51. The zero-order valence-electron chi connectivity index (χ0n) is 16.2. The Morgan fingerprint density at radius 2 is 1.97 bits per heavy atom. The van der Waals surface area contributed by atoms with Crippen LogP contribution >= 0.6 is 11.6 Å². The minimum atomic E-state index is -2.52. The molecule has 5 rings (SSSR count). The second kappa shape index (κ2) is 6.77. The van der Waals surface area contributed by atoms with Crippen LogP contribution in [0.2, 0.25) is 5.02 Å². The van der Waals surface area contributed by atoms with Crippen molar-refractivity contribution in [2.75, 3.05) is 6.54 Å². The Morgan fingerprint density at radius 3 is 2.63 bits per heavy atom. The van der Waals surface area contributed by atoms with E-state index in [1.54, 1.807) is 33.8 Å². The number of amides is 2. The topological polar surface area (TPSA) is 81.2 Å². The third-order valence-corrected chi connectivity index (χ3v) is 6.92. The van der Waals surface area contributed by atoms with E-state index >= 15 is 0 Å². The van der Waals surface area contributed by atoms with E-state index in [2.05, 4.69) is 5.10 Å². The molecule has 0 bridgehead atoms. The molecule has 0 radical (unpaired) electrons. The van der Waals surface area contributed by atoms with Crippen LogP contribution in [0.25, 0.3) is 11.3 Å². The molecule has 0 spiro atoms. The third-order valence-electron chi connectivity index (χ3n) is 6.68. The summed E-state index contributed by atoms with van der Waals surface area (Å²) >= 11 is 6.08. The summed E-state index contributed by atoms with van der Waals surface area (Å²) in [6.45, 7) is 1.12. The van der Waals surface area contributed by atoms with Crippen LogP contribution < -0.4 is 5.73 Å². The summed E-state index contributed by atoms with van der Waals surface area (Å²) in [7, 11) is 0. The number of carbonyl (C=O) groups excluding carboxylic acids is 2. The number of nitrogens with two attached hydrogens (primary N) is 1. The molecule has 9 heteroatoms. The molecule has 2 unspecified atom stereocenters. The average molecular weight is 435 g/mol. The molecule has 1 aromatic carbocycles. The molecule has 3 atom stereocenters. The van der Waals surface area contributed by atoms with E-state index in [-0.39, 0.29) is 30.4 Å². The molecule has 2 aromatic rings. The van der Waals surface area contributed by atoms with E-state index in [0.29, 0.717) is 47.9 Å². The normalized spacial score (nSPS) is 26.2. The fraction of sp³-hybridized carbons (Fsp3) is 0.476. The molecule has 3 aliphatic rings. The molecule has 2 N–H and O–H groups in total. The van der Waals surface area contributed by atoms with Crippen molar-refractivity contribution in [1.29, 1.82) is 0 Å². The molecular weight excluding hydrogens is 414 g/mol. The highest BCUT2D eigenvalue weighted by atomic mass is 35.5. The van der Waals surface area contributed by atoms with E-state index in [9.17, 15) is 18.4 Å². The number of alkyl halides is 2. The number of fused-ring (bicyclic) bond motifs is 2.